The average molecular weight is 139 g/mol. The van der Waals surface area contributed by atoms with Gasteiger partial charge in [0.1, 0.15) is 11.4 Å². The first kappa shape index (κ1) is 6.86. The number of carbonyl (C=O) groups excluding carboxylic acids is 1. The summed E-state index contributed by atoms with van der Waals surface area (Å²) in [5.41, 5.74) is 0.502. The number of hydrogen-bond donors (Lipinski definition) is 1. The third-order valence-corrected chi connectivity index (χ3v) is 1.16. The van der Waals surface area contributed by atoms with Crippen LogP contribution in [0, 0.1) is 0 Å². The summed E-state index contributed by atoms with van der Waals surface area (Å²) in [6.45, 7) is 2.46. The van der Waals surface area contributed by atoms with Crippen LogP contribution in [0.3, 0.4) is 0 Å². The summed E-state index contributed by atoms with van der Waals surface area (Å²) >= 11 is 0. The van der Waals surface area contributed by atoms with Gasteiger partial charge in [0.05, 0.1) is 6.61 Å². The lowest BCUT2D eigenvalue weighted by Gasteiger charge is -1.97. The van der Waals surface area contributed by atoms with Gasteiger partial charge < -0.3 is 9.72 Å². The lowest BCUT2D eigenvalue weighted by Crippen LogP contribution is -1.92. The molecule has 1 heterocycles. The summed E-state index contributed by atoms with van der Waals surface area (Å²) in [6, 6.07) is 1.73. The second-order valence-electron chi connectivity index (χ2n) is 1.81. The van der Waals surface area contributed by atoms with Crippen LogP contribution in [-0.4, -0.2) is 17.9 Å². The minimum absolute atomic E-state index is 0.502. The molecule has 0 atom stereocenters. The molecule has 0 spiro atoms. The molecule has 0 bridgehead atoms. The summed E-state index contributed by atoms with van der Waals surface area (Å²) in [5.74, 6) is 0.623. The number of H-pyrrole nitrogens is 1. The predicted molar refractivity (Wildman–Crippen MR) is 37.3 cm³/mol. The van der Waals surface area contributed by atoms with Crippen LogP contribution in [0.4, 0.5) is 0 Å². The van der Waals surface area contributed by atoms with Crippen LogP contribution in [0.1, 0.15) is 17.4 Å². The van der Waals surface area contributed by atoms with Crippen LogP contribution in [0.2, 0.25) is 0 Å². The molecule has 3 nitrogen and oxygen atoms in total. The van der Waals surface area contributed by atoms with Crippen LogP contribution < -0.4 is 4.74 Å². The lowest BCUT2D eigenvalue weighted by molar-refractivity contribution is 0.111. The van der Waals surface area contributed by atoms with Crippen molar-refractivity contribution in [2.75, 3.05) is 6.61 Å². The van der Waals surface area contributed by atoms with Crippen molar-refractivity contribution in [1.29, 1.82) is 0 Å². The molecule has 0 amide bonds. The number of aldehydes is 1. The molecule has 0 aliphatic rings. The van der Waals surface area contributed by atoms with Crippen molar-refractivity contribution in [2.45, 2.75) is 6.92 Å². The Kier molecular flexibility index (Phi) is 2.10. The molecular formula is C7H9NO2. The minimum atomic E-state index is 0.502. The molecule has 0 saturated carbocycles. The molecule has 10 heavy (non-hydrogen) atoms. The molecule has 3 heteroatoms. The van der Waals surface area contributed by atoms with E-state index in [1.165, 1.54) is 0 Å². The zero-order chi connectivity index (χ0) is 7.40. The van der Waals surface area contributed by atoms with Crippen molar-refractivity contribution in [3.05, 3.63) is 18.0 Å². The van der Waals surface area contributed by atoms with E-state index in [1.807, 2.05) is 6.92 Å². The lowest BCUT2D eigenvalue weighted by atomic mass is 10.4. The maximum Gasteiger partial charge on any atom is 0.170 e. The molecule has 54 valence electrons. The summed E-state index contributed by atoms with van der Waals surface area (Å²) in [6.07, 6.45) is 2.42. The Balaban J connectivity index is 2.79. The maximum atomic E-state index is 10.3. The third kappa shape index (κ3) is 1.18. The van der Waals surface area contributed by atoms with Gasteiger partial charge in [-0.05, 0) is 13.0 Å². The molecule has 0 saturated heterocycles. The SMILES string of the molecule is CCOc1cc[nH]c1C=O. The molecule has 0 radical (unpaired) electrons. The Bertz CT molecular complexity index is 217. The standard InChI is InChI=1S/C7H9NO2/c1-2-10-7-3-4-8-6(7)5-9/h3-5,8H,2H2,1H3. The van der Waals surface area contributed by atoms with Gasteiger partial charge in [-0.15, -0.1) is 0 Å². The smallest absolute Gasteiger partial charge is 0.170 e. The van der Waals surface area contributed by atoms with E-state index in [4.69, 9.17) is 4.74 Å². The Morgan fingerprint density at radius 1 is 1.80 bits per heavy atom. The second kappa shape index (κ2) is 3.06. The van der Waals surface area contributed by atoms with Crippen molar-refractivity contribution >= 4 is 6.29 Å². The molecule has 0 aromatic carbocycles. The fourth-order valence-electron chi connectivity index (χ4n) is 0.742. The quantitative estimate of drug-likeness (QED) is 0.640. The Morgan fingerprint density at radius 2 is 2.60 bits per heavy atom. The van der Waals surface area contributed by atoms with Crippen molar-refractivity contribution in [3.8, 4) is 5.75 Å². The Hall–Kier alpha value is -1.25. The normalized spacial score (nSPS) is 9.30. The fourth-order valence-corrected chi connectivity index (χ4v) is 0.742. The van der Waals surface area contributed by atoms with Crippen LogP contribution in [0.5, 0.6) is 5.75 Å². The van der Waals surface area contributed by atoms with Crippen LogP contribution in [0.25, 0.3) is 0 Å². The van der Waals surface area contributed by atoms with Gasteiger partial charge >= 0.3 is 0 Å². The van der Waals surface area contributed by atoms with E-state index in [-0.39, 0.29) is 0 Å². The predicted octanol–water partition coefficient (Wildman–Crippen LogP) is 1.23. The molecule has 0 unspecified atom stereocenters. The highest BCUT2D eigenvalue weighted by atomic mass is 16.5. The van der Waals surface area contributed by atoms with Gasteiger partial charge in [0.15, 0.2) is 6.29 Å². The molecule has 1 aromatic heterocycles. The highest BCUT2D eigenvalue weighted by Crippen LogP contribution is 2.13. The highest BCUT2D eigenvalue weighted by molar-refractivity contribution is 5.76. The molecule has 1 N–H and O–H groups in total. The number of ether oxygens (including phenoxy) is 1. The number of aromatic nitrogens is 1. The summed E-state index contributed by atoms with van der Waals surface area (Å²) in [5, 5.41) is 0. The van der Waals surface area contributed by atoms with Crippen molar-refractivity contribution in [1.82, 2.24) is 4.98 Å². The Labute approximate surface area is 59.0 Å². The molecular weight excluding hydrogens is 130 g/mol. The van der Waals surface area contributed by atoms with Gasteiger partial charge in [-0.3, -0.25) is 4.79 Å². The summed E-state index contributed by atoms with van der Waals surface area (Å²) in [4.78, 5) is 13.0. The van der Waals surface area contributed by atoms with Crippen molar-refractivity contribution in [2.24, 2.45) is 0 Å². The number of aromatic amines is 1. The third-order valence-electron chi connectivity index (χ3n) is 1.16. The maximum absolute atomic E-state index is 10.3. The largest absolute Gasteiger partial charge is 0.492 e. The van der Waals surface area contributed by atoms with Gasteiger partial charge in [0.25, 0.3) is 0 Å². The van der Waals surface area contributed by atoms with Gasteiger partial charge in [-0.1, -0.05) is 0 Å². The van der Waals surface area contributed by atoms with Crippen LogP contribution in [0.15, 0.2) is 12.3 Å². The van der Waals surface area contributed by atoms with E-state index in [1.54, 1.807) is 12.3 Å². The monoisotopic (exact) mass is 139 g/mol. The van der Waals surface area contributed by atoms with Gasteiger partial charge in [-0.2, -0.15) is 0 Å². The number of carbonyl (C=O) groups is 1. The average Bonchev–Trinajstić information content (AvgIpc) is 2.36. The Morgan fingerprint density at radius 3 is 3.20 bits per heavy atom. The van der Waals surface area contributed by atoms with Crippen LogP contribution >= 0.6 is 0 Å². The van der Waals surface area contributed by atoms with E-state index in [2.05, 4.69) is 4.98 Å². The van der Waals surface area contributed by atoms with E-state index in [0.717, 1.165) is 6.29 Å². The molecule has 0 aliphatic carbocycles. The first-order valence-corrected chi connectivity index (χ1v) is 3.13. The molecule has 0 fully saturated rings. The highest BCUT2D eigenvalue weighted by Gasteiger charge is 2.00. The molecule has 0 aliphatic heterocycles. The second-order valence-corrected chi connectivity index (χ2v) is 1.81. The number of nitrogens with one attached hydrogen (secondary N) is 1. The van der Waals surface area contributed by atoms with Crippen molar-refractivity contribution < 1.29 is 9.53 Å². The zero-order valence-electron chi connectivity index (χ0n) is 5.76. The van der Waals surface area contributed by atoms with Gasteiger partial charge in [0, 0.05) is 6.20 Å². The first-order valence-electron chi connectivity index (χ1n) is 3.13. The number of rotatable bonds is 3. The fraction of sp³-hybridized carbons (Fsp3) is 0.286. The zero-order valence-corrected chi connectivity index (χ0v) is 5.76. The van der Waals surface area contributed by atoms with E-state index in [0.29, 0.717) is 18.1 Å². The van der Waals surface area contributed by atoms with Crippen molar-refractivity contribution in [3.63, 3.8) is 0 Å². The first-order chi connectivity index (χ1) is 4.88. The topological polar surface area (TPSA) is 42.1 Å². The number of hydrogen-bond acceptors (Lipinski definition) is 2. The van der Waals surface area contributed by atoms with E-state index < -0.39 is 0 Å². The molecule has 1 rings (SSSR count). The van der Waals surface area contributed by atoms with E-state index in [9.17, 15) is 4.79 Å². The summed E-state index contributed by atoms with van der Waals surface area (Å²) in [7, 11) is 0. The van der Waals surface area contributed by atoms with Gasteiger partial charge in [-0.25, -0.2) is 0 Å². The molecule has 1 aromatic rings. The van der Waals surface area contributed by atoms with E-state index >= 15 is 0 Å². The van der Waals surface area contributed by atoms with Crippen LogP contribution in [-0.2, 0) is 0 Å². The van der Waals surface area contributed by atoms with Gasteiger partial charge in [0.2, 0.25) is 0 Å². The summed E-state index contributed by atoms with van der Waals surface area (Å²) < 4.78 is 5.11. The minimum Gasteiger partial charge on any atom is -0.492 e.